The summed E-state index contributed by atoms with van der Waals surface area (Å²) in [6.07, 6.45) is 3.07. The number of carbonyl (C=O) groups excluding carboxylic acids is 1. The van der Waals surface area contributed by atoms with E-state index in [1.54, 1.807) is 30.3 Å². The highest BCUT2D eigenvalue weighted by molar-refractivity contribution is 9.10. The van der Waals surface area contributed by atoms with E-state index in [0.717, 1.165) is 5.56 Å². The van der Waals surface area contributed by atoms with Gasteiger partial charge < -0.3 is 4.90 Å². The van der Waals surface area contributed by atoms with Crippen LogP contribution in [0.2, 0.25) is 0 Å². The van der Waals surface area contributed by atoms with E-state index >= 15 is 0 Å². The van der Waals surface area contributed by atoms with Crippen LogP contribution in [0.1, 0.15) is 25.0 Å². The molecule has 2 atom stereocenters. The summed E-state index contributed by atoms with van der Waals surface area (Å²) >= 11 is 3.16. The van der Waals surface area contributed by atoms with Gasteiger partial charge in [0.25, 0.3) is 5.69 Å². The fourth-order valence-corrected chi connectivity index (χ4v) is 3.98. The summed E-state index contributed by atoms with van der Waals surface area (Å²) in [5.74, 6) is -0.375. The van der Waals surface area contributed by atoms with E-state index in [4.69, 9.17) is 0 Å². The molecule has 0 aliphatic carbocycles. The van der Waals surface area contributed by atoms with Crippen molar-refractivity contribution in [2.24, 2.45) is 0 Å². The molecule has 0 spiro atoms. The van der Waals surface area contributed by atoms with Crippen LogP contribution in [-0.2, 0) is 11.3 Å². The molecule has 0 radical (unpaired) electrons. The van der Waals surface area contributed by atoms with Crippen LogP contribution in [0.4, 0.5) is 10.1 Å². The number of nitro groups is 1. The van der Waals surface area contributed by atoms with Crippen molar-refractivity contribution in [3.8, 4) is 0 Å². The lowest BCUT2D eigenvalue weighted by Crippen LogP contribution is -2.57. The van der Waals surface area contributed by atoms with Crippen LogP contribution in [0.3, 0.4) is 0 Å². The Balaban J connectivity index is 1.65. The fourth-order valence-electron chi connectivity index (χ4n) is 3.59. The van der Waals surface area contributed by atoms with Crippen LogP contribution < -0.4 is 0 Å². The average Bonchev–Trinajstić information content (AvgIpc) is 2.71. The Morgan fingerprint density at radius 1 is 1.20 bits per heavy atom. The molecule has 0 saturated carbocycles. The molecule has 8 heteroatoms. The number of rotatable bonds is 5. The molecule has 2 aromatic carbocycles. The SMILES string of the molecule is CC1CN(C(=O)/C=C/c2ccc(Br)c([N+](=O)[O-])c2)C(C)CN1Cc1ccc(F)cc1. The number of carbonyl (C=O) groups is 1. The Kier molecular flexibility index (Phi) is 6.99. The van der Waals surface area contributed by atoms with Crippen molar-refractivity contribution in [2.45, 2.75) is 32.5 Å². The number of benzene rings is 2. The summed E-state index contributed by atoms with van der Waals surface area (Å²) in [5.41, 5.74) is 1.59. The van der Waals surface area contributed by atoms with Crippen LogP contribution >= 0.6 is 15.9 Å². The van der Waals surface area contributed by atoms with Gasteiger partial charge in [0.15, 0.2) is 0 Å². The molecular weight excluding hydrogens is 453 g/mol. The third kappa shape index (κ3) is 5.31. The maximum atomic E-state index is 13.1. The van der Waals surface area contributed by atoms with Crippen LogP contribution in [-0.4, -0.2) is 45.8 Å². The molecule has 6 nitrogen and oxygen atoms in total. The Bertz CT molecular complexity index is 965. The number of piperazine rings is 1. The van der Waals surface area contributed by atoms with E-state index in [9.17, 15) is 19.3 Å². The van der Waals surface area contributed by atoms with Gasteiger partial charge >= 0.3 is 0 Å². The zero-order chi connectivity index (χ0) is 21.8. The van der Waals surface area contributed by atoms with Crippen molar-refractivity contribution < 1.29 is 14.1 Å². The predicted octanol–water partition coefficient (Wildman–Crippen LogP) is 4.63. The highest BCUT2D eigenvalue weighted by Crippen LogP contribution is 2.26. The second kappa shape index (κ2) is 9.49. The Labute approximate surface area is 183 Å². The number of amides is 1. The summed E-state index contributed by atoms with van der Waals surface area (Å²) in [7, 11) is 0. The van der Waals surface area contributed by atoms with Gasteiger partial charge in [0.05, 0.1) is 9.40 Å². The molecule has 1 heterocycles. The second-order valence-corrected chi connectivity index (χ2v) is 8.40. The van der Waals surface area contributed by atoms with Gasteiger partial charge in [0.2, 0.25) is 5.91 Å². The minimum Gasteiger partial charge on any atom is -0.334 e. The van der Waals surface area contributed by atoms with Gasteiger partial charge in [-0.2, -0.15) is 0 Å². The molecule has 1 amide bonds. The molecule has 0 bridgehead atoms. The van der Waals surface area contributed by atoms with Crippen molar-refractivity contribution >= 4 is 33.6 Å². The largest absolute Gasteiger partial charge is 0.334 e. The van der Waals surface area contributed by atoms with Crippen molar-refractivity contribution in [2.75, 3.05) is 13.1 Å². The topological polar surface area (TPSA) is 66.7 Å². The second-order valence-electron chi connectivity index (χ2n) is 7.55. The van der Waals surface area contributed by atoms with Crippen molar-refractivity contribution in [3.63, 3.8) is 0 Å². The molecule has 0 N–H and O–H groups in total. The maximum Gasteiger partial charge on any atom is 0.284 e. The molecule has 30 heavy (non-hydrogen) atoms. The summed E-state index contributed by atoms with van der Waals surface area (Å²) in [6, 6.07) is 11.4. The zero-order valence-electron chi connectivity index (χ0n) is 16.8. The van der Waals surface area contributed by atoms with Gasteiger partial charge in [0, 0.05) is 43.9 Å². The van der Waals surface area contributed by atoms with Gasteiger partial charge in [-0.25, -0.2) is 4.39 Å². The number of nitrogens with zero attached hydrogens (tertiary/aromatic N) is 3. The smallest absolute Gasteiger partial charge is 0.284 e. The molecule has 2 unspecified atom stereocenters. The van der Waals surface area contributed by atoms with Gasteiger partial charge in [-0.15, -0.1) is 0 Å². The lowest BCUT2D eigenvalue weighted by molar-refractivity contribution is -0.385. The van der Waals surface area contributed by atoms with Gasteiger partial charge in [0.1, 0.15) is 5.82 Å². The highest BCUT2D eigenvalue weighted by atomic mass is 79.9. The Hall–Kier alpha value is -2.58. The third-order valence-corrected chi connectivity index (χ3v) is 5.95. The monoisotopic (exact) mass is 475 g/mol. The van der Waals surface area contributed by atoms with E-state index in [-0.39, 0.29) is 29.5 Å². The fraction of sp³-hybridized carbons (Fsp3) is 0.318. The van der Waals surface area contributed by atoms with Gasteiger partial charge in [-0.3, -0.25) is 19.8 Å². The summed E-state index contributed by atoms with van der Waals surface area (Å²) < 4.78 is 13.5. The molecule has 1 saturated heterocycles. The average molecular weight is 476 g/mol. The Morgan fingerprint density at radius 2 is 1.90 bits per heavy atom. The van der Waals surface area contributed by atoms with Crippen LogP contribution in [0.15, 0.2) is 53.0 Å². The molecule has 3 rings (SSSR count). The number of halogens is 2. The molecule has 2 aromatic rings. The third-order valence-electron chi connectivity index (χ3n) is 5.28. The highest BCUT2D eigenvalue weighted by Gasteiger charge is 2.31. The zero-order valence-corrected chi connectivity index (χ0v) is 18.4. The first-order valence-corrected chi connectivity index (χ1v) is 10.4. The number of hydrogen-bond acceptors (Lipinski definition) is 4. The molecular formula is C22H23BrFN3O3. The Morgan fingerprint density at radius 3 is 2.57 bits per heavy atom. The van der Waals surface area contributed by atoms with E-state index in [1.807, 2.05) is 11.8 Å². The minimum atomic E-state index is -0.465. The lowest BCUT2D eigenvalue weighted by atomic mass is 10.1. The first kappa shape index (κ1) is 22.1. The van der Waals surface area contributed by atoms with E-state index < -0.39 is 4.92 Å². The predicted molar refractivity (Wildman–Crippen MR) is 117 cm³/mol. The maximum absolute atomic E-state index is 13.1. The van der Waals surface area contributed by atoms with E-state index in [0.29, 0.717) is 29.7 Å². The number of nitro benzene ring substituents is 1. The van der Waals surface area contributed by atoms with Crippen LogP contribution in [0, 0.1) is 15.9 Å². The quantitative estimate of drug-likeness (QED) is 0.359. The molecule has 1 fully saturated rings. The minimum absolute atomic E-state index is 0.0121. The molecule has 0 aromatic heterocycles. The normalized spacial score (nSPS) is 19.9. The first-order chi connectivity index (χ1) is 14.2. The molecule has 158 valence electrons. The van der Waals surface area contributed by atoms with Crippen molar-refractivity contribution in [3.05, 3.63) is 80.1 Å². The van der Waals surface area contributed by atoms with Crippen LogP contribution in [0.25, 0.3) is 6.08 Å². The van der Waals surface area contributed by atoms with Crippen molar-refractivity contribution in [1.82, 2.24) is 9.80 Å². The van der Waals surface area contributed by atoms with Gasteiger partial charge in [-0.1, -0.05) is 18.2 Å². The van der Waals surface area contributed by atoms with Gasteiger partial charge in [-0.05, 0) is 65.2 Å². The lowest BCUT2D eigenvalue weighted by Gasteiger charge is -2.44. The summed E-state index contributed by atoms with van der Waals surface area (Å²) in [4.78, 5) is 27.5. The van der Waals surface area contributed by atoms with E-state index in [1.165, 1.54) is 24.3 Å². The summed E-state index contributed by atoms with van der Waals surface area (Å²) in [5, 5.41) is 11.1. The standard InChI is InChI=1S/C22H23BrFN3O3/c1-15-13-26(16(2)12-25(15)14-18-3-7-19(24)8-4-18)22(28)10-6-17-5-9-20(23)21(11-17)27(29)30/h3-11,15-16H,12-14H2,1-2H3/b10-6+. The van der Waals surface area contributed by atoms with Crippen molar-refractivity contribution in [1.29, 1.82) is 0 Å². The number of hydrogen-bond donors (Lipinski definition) is 0. The first-order valence-electron chi connectivity index (χ1n) is 9.65. The van der Waals surface area contributed by atoms with E-state index in [2.05, 4.69) is 27.8 Å². The molecule has 1 aliphatic heterocycles. The summed E-state index contributed by atoms with van der Waals surface area (Å²) in [6.45, 7) is 6.05. The molecule has 1 aliphatic rings. The van der Waals surface area contributed by atoms with Crippen LogP contribution in [0.5, 0.6) is 0 Å².